The molecule has 5 aromatic rings. The molecule has 5 aromatic carbocycles. The Labute approximate surface area is 251 Å². The molecule has 0 unspecified atom stereocenters. The van der Waals surface area contributed by atoms with Gasteiger partial charge in [0, 0.05) is 40.6 Å². The molecule has 0 bridgehead atoms. The highest BCUT2D eigenvalue weighted by Crippen LogP contribution is 2.45. The third-order valence-corrected chi connectivity index (χ3v) is 7.88. The van der Waals surface area contributed by atoms with Crippen molar-refractivity contribution in [1.29, 1.82) is 0 Å². The number of aryl methyl sites for hydroxylation is 2. The van der Waals surface area contributed by atoms with Gasteiger partial charge in [-0.3, -0.25) is 0 Å². The molecule has 0 aromatic heterocycles. The molecule has 0 aliphatic rings. The summed E-state index contributed by atoms with van der Waals surface area (Å²) in [4.78, 5) is 0. The van der Waals surface area contributed by atoms with Crippen LogP contribution in [0.2, 0.25) is 10.0 Å². The maximum absolute atomic E-state index is 6.41. The average molecular weight is 584 g/mol. The average Bonchev–Trinajstić information content (AvgIpc) is 2.98. The molecular formula is C35H32Cl2N2O2. The van der Waals surface area contributed by atoms with Gasteiger partial charge in [0.2, 0.25) is 0 Å². The summed E-state index contributed by atoms with van der Waals surface area (Å²) in [6, 6.07) is 34.1. The van der Waals surface area contributed by atoms with Crippen molar-refractivity contribution in [3.63, 3.8) is 0 Å². The Morgan fingerprint density at radius 1 is 0.561 bits per heavy atom. The van der Waals surface area contributed by atoms with Crippen molar-refractivity contribution < 1.29 is 9.47 Å². The van der Waals surface area contributed by atoms with Gasteiger partial charge in [-0.05, 0) is 66.9 Å². The van der Waals surface area contributed by atoms with E-state index in [-0.39, 0.29) is 5.92 Å². The number of hydrogen-bond donors (Lipinski definition) is 2. The SMILES string of the molecule is COc1cc(Nc2ccccc2Cl)ccc1C(c1ccc(Nc2ccccc2Cl)cc1OC)c1c(C)cccc1C. The van der Waals surface area contributed by atoms with Crippen molar-refractivity contribution >= 4 is 46.0 Å². The van der Waals surface area contributed by atoms with Gasteiger partial charge in [-0.1, -0.05) is 77.8 Å². The number of rotatable bonds is 9. The van der Waals surface area contributed by atoms with Crippen LogP contribution in [0, 0.1) is 13.8 Å². The summed E-state index contributed by atoms with van der Waals surface area (Å²) in [5.74, 6) is 1.37. The molecule has 0 radical (unpaired) electrons. The minimum absolute atomic E-state index is 0.148. The number of para-hydroxylation sites is 2. The van der Waals surface area contributed by atoms with Gasteiger partial charge in [-0.25, -0.2) is 0 Å². The van der Waals surface area contributed by atoms with E-state index in [0.717, 1.165) is 45.4 Å². The van der Waals surface area contributed by atoms with Crippen molar-refractivity contribution in [3.8, 4) is 11.5 Å². The highest BCUT2D eigenvalue weighted by atomic mass is 35.5. The quantitative estimate of drug-likeness (QED) is 0.170. The molecule has 4 nitrogen and oxygen atoms in total. The van der Waals surface area contributed by atoms with Crippen LogP contribution in [-0.4, -0.2) is 14.2 Å². The monoisotopic (exact) mass is 582 g/mol. The summed E-state index contributed by atoms with van der Waals surface area (Å²) < 4.78 is 12.0. The molecule has 0 aliphatic carbocycles. The van der Waals surface area contributed by atoms with Gasteiger partial charge in [-0.15, -0.1) is 0 Å². The first-order valence-corrected chi connectivity index (χ1v) is 14.1. The molecule has 0 amide bonds. The molecule has 0 saturated heterocycles. The zero-order valence-electron chi connectivity index (χ0n) is 23.5. The number of nitrogens with one attached hydrogen (secondary N) is 2. The van der Waals surface area contributed by atoms with Gasteiger partial charge >= 0.3 is 0 Å². The largest absolute Gasteiger partial charge is 0.496 e. The summed E-state index contributed by atoms with van der Waals surface area (Å²) in [7, 11) is 3.40. The zero-order valence-corrected chi connectivity index (χ0v) is 25.0. The molecule has 208 valence electrons. The Balaban J connectivity index is 1.62. The number of anilines is 4. The van der Waals surface area contributed by atoms with Crippen LogP contribution in [0.5, 0.6) is 11.5 Å². The van der Waals surface area contributed by atoms with Crippen LogP contribution in [0.25, 0.3) is 0 Å². The lowest BCUT2D eigenvalue weighted by Gasteiger charge is -2.27. The zero-order chi connectivity index (χ0) is 28.9. The fourth-order valence-electron chi connectivity index (χ4n) is 5.25. The maximum atomic E-state index is 6.41. The predicted molar refractivity (Wildman–Crippen MR) is 172 cm³/mol. The van der Waals surface area contributed by atoms with E-state index in [9.17, 15) is 0 Å². The Bertz CT molecular complexity index is 1570. The second kappa shape index (κ2) is 12.6. The fraction of sp³-hybridized carbons (Fsp3) is 0.143. The van der Waals surface area contributed by atoms with Crippen molar-refractivity contribution in [2.75, 3.05) is 24.9 Å². The summed E-state index contributed by atoms with van der Waals surface area (Å²) in [5, 5.41) is 8.14. The molecule has 0 heterocycles. The highest BCUT2D eigenvalue weighted by Gasteiger charge is 2.27. The lowest BCUT2D eigenvalue weighted by atomic mass is 9.80. The van der Waals surface area contributed by atoms with Gasteiger partial charge < -0.3 is 20.1 Å². The first kappa shape index (κ1) is 28.4. The lowest BCUT2D eigenvalue weighted by molar-refractivity contribution is 0.402. The van der Waals surface area contributed by atoms with Crippen molar-refractivity contribution in [3.05, 3.63) is 141 Å². The second-order valence-electron chi connectivity index (χ2n) is 9.86. The second-order valence-corrected chi connectivity index (χ2v) is 10.7. The number of hydrogen-bond acceptors (Lipinski definition) is 4. The van der Waals surface area contributed by atoms with Crippen LogP contribution < -0.4 is 20.1 Å². The van der Waals surface area contributed by atoms with Crippen molar-refractivity contribution in [1.82, 2.24) is 0 Å². The van der Waals surface area contributed by atoms with E-state index in [4.69, 9.17) is 32.7 Å². The number of ether oxygens (including phenoxy) is 2. The van der Waals surface area contributed by atoms with Gasteiger partial charge in [0.15, 0.2) is 0 Å². The molecule has 2 N–H and O–H groups in total. The third kappa shape index (κ3) is 6.14. The van der Waals surface area contributed by atoms with Gasteiger partial charge in [0.1, 0.15) is 11.5 Å². The summed E-state index contributed by atoms with van der Waals surface area (Å²) >= 11 is 12.8. The van der Waals surface area contributed by atoms with Crippen LogP contribution in [0.15, 0.2) is 103 Å². The van der Waals surface area contributed by atoms with Crippen molar-refractivity contribution in [2.24, 2.45) is 0 Å². The number of methoxy groups -OCH3 is 2. The summed E-state index contributed by atoms with van der Waals surface area (Å²) in [5.41, 5.74) is 9.07. The van der Waals surface area contributed by atoms with E-state index in [1.54, 1.807) is 14.2 Å². The molecule has 41 heavy (non-hydrogen) atoms. The van der Waals surface area contributed by atoms with Crippen LogP contribution >= 0.6 is 23.2 Å². The minimum Gasteiger partial charge on any atom is -0.496 e. The molecule has 0 aliphatic heterocycles. The van der Waals surface area contributed by atoms with E-state index in [1.807, 2.05) is 60.7 Å². The molecular weight excluding hydrogens is 551 g/mol. The first-order valence-electron chi connectivity index (χ1n) is 13.3. The highest BCUT2D eigenvalue weighted by molar-refractivity contribution is 6.33. The van der Waals surface area contributed by atoms with E-state index in [2.05, 4.69) is 66.9 Å². The van der Waals surface area contributed by atoms with Gasteiger partial charge in [-0.2, -0.15) is 0 Å². The van der Waals surface area contributed by atoms with Crippen LogP contribution in [0.4, 0.5) is 22.7 Å². The van der Waals surface area contributed by atoms with E-state index in [1.165, 1.54) is 16.7 Å². The number of benzene rings is 5. The van der Waals surface area contributed by atoms with Crippen LogP contribution in [0.1, 0.15) is 33.7 Å². The van der Waals surface area contributed by atoms with E-state index < -0.39 is 0 Å². The number of halogens is 2. The fourth-order valence-corrected chi connectivity index (χ4v) is 5.62. The summed E-state index contributed by atoms with van der Waals surface area (Å²) in [6.45, 7) is 4.30. The van der Waals surface area contributed by atoms with Crippen LogP contribution in [0.3, 0.4) is 0 Å². The van der Waals surface area contributed by atoms with Crippen LogP contribution in [-0.2, 0) is 0 Å². The Hall–Kier alpha value is -4.12. The molecule has 0 atom stereocenters. The Kier molecular flexibility index (Phi) is 8.72. The third-order valence-electron chi connectivity index (χ3n) is 7.23. The molecule has 0 saturated carbocycles. The molecule has 0 fully saturated rings. The Morgan fingerprint density at radius 2 is 1.00 bits per heavy atom. The molecule has 5 rings (SSSR count). The van der Waals surface area contributed by atoms with Gasteiger partial charge in [0.25, 0.3) is 0 Å². The van der Waals surface area contributed by atoms with E-state index >= 15 is 0 Å². The predicted octanol–water partition coefficient (Wildman–Crippen LogP) is 10.3. The smallest absolute Gasteiger partial charge is 0.125 e. The first-order chi connectivity index (χ1) is 19.9. The van der Waals surface area contributed by atoms with E-state index in [0.29, 0.717) is 10.0 Å². The Morgan fingerprint density at radius 3 is 1.41 bits per heavy atom. The summed E-state index contributed by atoms with van der Waals surface area (Å²) in [6.07, 6.45) is 0. The molecule has 0 spiro atoms. The molecule has 6 heteroatoms. The van der Waals surface area contributed by atoms with Gasteiger partial charge in [0.05, 0.1) is 35.6 Å². The standard InChI is InChI=1S/C35H32Cl2N2O2/c1-22-10-9-11-23(2)34(22)35(26-18-16-24(20-32(26)40-3)38-30-14-7-5-12-28(30)36)27-19-17-25(21-33(27)41-4)39-31-15-8-6-13-29(31)37/h5-21,35,38-39H,1-4H3. The maximum Gasteiger partial charge on any atom is 0.125 e. The minimum atomic E-state index is -0.148. The normalized spacial score (nSPS) is 10.9. The topological polar surface area (TPSA) is 42.5 Å². The lowest BCUT2D eigenvalue weighted by Crippen LogP contribution is -2.11. The van der Waals surface area contributed by atoms with Crippen molar-refractivity contribution in [2.45, 2.75) is 19.8 Å².